The Labute approximate surface area is 183 Å². The van der Waals surface area contributed by atoms with Crippen molar-refractivity contribution in [1.82, 2.24) is 0 Å². The summed E-state index contributed by atoms with van der Waals surface area (Å²) in [4.78, 5) is 0. The zero-order valence-corrected chi connectivity index (χ0v) is 19.9. The Kier molecular flexibility index (Phi) is 5.73. The van der Waals surface area contributed by atoms with Crippen molar-refractivity contribution in [2.45, 2.75) is 98.8 Å². The average molecular weight is 417 g/mol. The van der Waals surface area contributed by atoms with E-state index < -0.39 is 0 Å². The molecule has 0 aliphatic heterocycles. The van der Waals surface area contributed by atoms with E-state index in [1.165, 1.54) is 32.1 Å². The van der Waals surface area contributed by atoms with Crippen molar-refractivity contribution in [3.8, 4) is 0 Å². The molecule has 7 atom stereocenters. The molecule has 0 amide bonds. The molecule has 30 heavy (non-hydrogen) atoms. The van der Waals surface area contributed by atoms with Crippen LogP contribution in [0.15, 0.2) is 22.9 Å². The second-order valence-corrected chi connectivity index (χ2v) is 12.1. The van der Waals surface area contributed by atoms with Gasteiger partial charge in [-0.05, 0) is 73.5 Å². The molecule has 4 rings (SSSR count). The van der Waals surface area contributed by atoms with E-state index in [1.807, 2.05) is 0 Å². The van der Waals surface area contributed by atoms with Gasteiger partial charge in [0.1, 0.15) is 5.76 Å². The maximum atomic E-state index is 11.2. The van der Waals surface area contributed by atoms with E-state index in [2.05, 4.69) is 34.6 Å². The largest absolute Gasteiger partial charge is 0.512 e. The summed E-state index contributed by atoms with van der Waals surface area (Å²) in [5.74, 6) is 3.55. The van der Waals surface area contributed by atoms with Crippen LogP contribution in [0, 0.1) is 46.3 Å². The van der Waals surface area contributed by atoms with Crippen LogP contribution >= 0.6 is 0 Å². The van der Waals surface area contributed by atoms with Gasteiger partial charge in [0, 0.05) is 23.3 Å². The molecule has 170 valence electrons. The summed E-state index contributed by atoms with van der Waals surface area (Å²) >= 11 is 0. The maximum absolute atomic E-state index is 11.2. The number of fused-ring (bicyclic) bond motifs is 5. The van der Waals surface area contributed by atoms with E-state index in [4.69, 9.17) is 0 Å². The molecule has 0 heterocycles. The zero-order chi connectivity index (χ0) is 21.8. The highest BCUT2D eigenvalue weighted by atomic mass is 16.3. The third kappa shape index (κ3) is 3.21. The van der Waals surface area contributed by atoms with Crippen LogP contribution in [0.5, 0.6) is 0 Å². The summed E-state index contributed by atoms with van der Waals surface area (Å²) in [5, 5.41) is 32.8. The van der Waals surface area contributed by atoms with Crippen molar-refractivity contribution in [3.05, 3.63) is 22.9 Å². The van der Waals surface area contributed by atoms with Gasteiger partial charge < -0.3 is 15.3 Å². The first-order chi connectivity index (χ1) is 14.1. The van der Waals surface area contributed by atoms with Crippen LogP contribution < -0.4 is 0 Å². The second-order valence-electron chi connectivity index (χ2n) is 12.1. The fourth-order valence-electron chi connectivity index (χ4n) is 8.53. The first kappa shape index (κ1) is 22.1. The predicted molar refractivity (Wildman–Crippen MR) is 122 cm³/mol. The van der Waals surface area contributed by atoms with Crippen LogP contribution in [0.25, 0.3) is 0 Å². The van der Waals surface area contributed by atoms with Gasteiger partial charge in [0.05, 0.1) is 5.76 Å². The summed E-state index contributed by atoms with van der Waals surface area (Å²) in [6.07, 6.45) is 11.3. The van der Waals surface area contributed by atoms with Crippen molar-refractivity contribution < 1.29 is 15.3 Å². The molecule has 2 saturated carbocycles. The highest BCUT2D eigenvalue weighted by molar-refractivity contribution is 5.43. The van der Waals surface area contributed by atoms with E-state index in [0.717, 1.165) is 43.4 Å². The van der Waals surface area contributed by atoms with Gasteiger partial charge in [-0.15, -0.1) is 0 Å². The summed E-state index contributed by atoms with van der Waals surface area (Å²) in [6, 6.07) is 0. The monoisotopic (exact) mass is 416 g/mol. The smallest absolute Gasteiger partial charge is 0.160 e. The van der Waals surface area contributed by atoms with Crippen molar-refractivity contribution in [2.24, 2.45) is 46.3 Å². The van der Waals surface area contributed by atoms with Gasteiger partial charge >= 0.3 is 0 Å². The van der Waals surface area contributed by atoms with E-state index >= 15 is 0 Å². The quantitative estimate of drug-likeness (QED) is 0.427. The Morgan fingerprint density at radius 3 is 2.37 bits per heavy atom. The Hall–Kier alpha value is -1.12. The molecule has 3 heteroatoms. The molecule has 0 unspecified atom stereocenters. The Balaban J connectivity index is 1.63. The third-order valence-electron chi connectivity index (χ3n) is 10.1. The zero-order valence-electron chi connectivity index (χ0n) is 19.9. The minimum Gasteiger partial charge on any atom is -0.512 e. The molecule has 0 saturated heterocycles. The molecule has 0 spiro atoms. The lowest BCUT2D eigenvalue weighted by Gasteiger charge is -2.57. The third-order valence-corrected chi connectivity index (χ3v) is 10.1. The molecule has 4 aliphatic rings. The normalized spacial score (nSPS) is 42.2. The number of aliphatic hydroxyl groups excluding tert-OH is 3. The van der Waals surface area contributed by atoms with Crippen molar-refractivity contribution in [1.29, 1.82) is 0 Å². The van der Waals surface area contributed by atoms with E-state index in [-0.39, 0.29) is 28.3 Å². The number of aliphatic hydroxyl groups is 3. The fraction of sp³-hybridized carbons (Fsp3) is 0.852. The minimum atomic E-state index is -0.203. The van der Waals surface area contributed by atoms with Crippen LogP contribution in [-0.4, -0.2) is 15.3 Å². The SMILES string of the molecule is CC(C)CCC[C@@H](C)[C@H]1CC[C@H]2[C@@H]3C(O)=C(O)C4=C(O)CCC[C@]4(C)[C@H]3CC[C@]12C. The standard InChI is InChI=1S/C27H44O3/c1-16(2)8-6-9-17(3)18-11-12-19-22-20(13-15-26(18,19)4)27(5)14-7-10-21(28)23(27)25(30)24(22)29/h16-20,22,28-30H,6-15H2,1-5H3/t17-,18-,19+,20+,22+,26-,27-/m1/s1. The number of hydrogen-bond donors (Lipinski definition) is 3. The van der Waals surface area contributed by atoms with Gasteiger partial charge in [0.15, 0.2) is 5.76 Å². The molecule has 0 bridgehead atoms. The molecule has 0 radical (unpaired) electrons. The van der Waals surface area contributed by atoms with Gasteiger partial charge in [-0.1, -0.05) is 53.9 Å². The lowest BCUT2D eigenvalue weighted by molar-refractivity contribution is -0.0554. The average Bonchev–Trinajstić information content (AvgIpc) is 3.02. The van der Waals surface area contributed by atoms with Gasteiger partial charge in [-0.2, -0.15) is 0 Å². The van der Waals surface area contributed by atoms with Gasteiger partial charge in [0.25, 0.3) is 0 Å². The summed E-state index contributed by atoms with van der Waals surface area (Å²) in [5.41, 5.74) is 0.708. The van der Waals surface area contributed by atoms with E-state index in [1.54, 1.807) is 0 Å². The van der Waals surface area contributed by atoms with Crippen molar-refractivity contribution >= 4 is 0 Å². The van der Waals surface area contributed by atoms with Crippen LogP contribution in [0.3, 0.4) is 0 Å². The van der Waals surface area contributed by atoms with Crippen LogP contribution in [0.1, 0.15) is 98.8 Å². The van der Waals surface area contributed by atoms with Crippen LogP contribution in [0.4, 0.5) is 0 Å². The van der Waals surface area contributed by atoms with Crippen LogP contribution in [0.2, 0.25) is 0 Å². The molecule has 3 N–H and O–H groups in total. The molecule has 2 fully saturated rings. The molecule has 4 aliphatic carbocycles. The first-order valence-corrected chi connectivity index (χ1v) is 12.7. The van der Waals surface area contributed by atoms with Gasteiger partial charge in [-0.3, -0.25) is 0 Å². The molecular weight excluding hydrogens is 372 g/mol. The second kappa shape index (κ2) is 7.78. The Morgan fingerprint density at radius 2 is 1.67 bits per heavy atom. The predicted octanol–water partition coefficient (Wildman–Crippen LogP) is 7.85. The first-order valence-electron chi connectivity index (χ1n) is 12.7. The Morgan fingerprint density at radius 1 is 0.933 bits per heavy atom. The summed E-state index contributed by atoms with van der Waals surface area (Å²) in [7, 11) is 0. The highest BCUT2D eigenvalue weighted by Gasteiger charge is 2.62. The van der Waals surface area contributed by atoms with E-state index in [0.29, 0.717) is 29.6 Å². The summed E-state index contributed by atoms with van der Waals surface area (Å²) < 4.78 is 0. The fourth-order valence-corrected chi connectivity index (χ4v) is 8.53. The Bertz CT molecular complexity index is 734. The lowest BCUT2D eigenvalue weighted by Crippen LogP contribution is -2.52. The molecule has 0 aromatic carbocycles. The number of allylic oxidation sites excluding steroid dienone is 3. The molecule has 3 nitrogen and oxygen atoms in total. The molecule has 0 aromatic heterocycles. The minimum absolute atomic E-state index is 0.00799. The topological polar surface area (TPSA) is 60.7 Å². The van der Waals surface area contributed by atoms with Gasteiger partial charge in [-0.25, -0.2) is 0 Å². The molecular formula is C27H44O3. The lowest BCUT2D eigenvalue weighted by atomic mass is 9.47. The maximum Gasteiger partial charge on any atom is 0.160 e. The van der Waals surface area contributed by atoms with Crippen LogP contribution in [-0.2, 0) is 0 Å². The number of hydrogen-bond acceptors (Lipinski definition) is 3. The summed E-state index contributed by atoms with van der Waals surface area (Å²) in [6.45, 7) is 11.8. The van der Waals surface area contributed by atoms with Gasteiger partial charge in [0.2, 0.25) is 0 Å². The van der Waals surface area contributed by atoms with Crippen molar-refractivity contribution in [3.63, 3.8) is 0 Å². The molecule has 0 aromatic rings. The number of rotatable bonds is 5. The van der Waals surface area contributed by atoms with E-state index in [9.17, 15) is 15.3 Å². The van der Waals surface area contributed by atoms with Crippen molar-refractivity contribution in [2.75, 3.05) is 0 Å². The highest BCUT2D eigenvalue weighted by Crippen LogP contribution is 2.68.